The molecule has 0 spiro atoms. The highest BCUT2D eigenvalue weighted by atomic mass is 16.4. The molecule has 3 aromatic rings. The predicted molar refractivity (Wildman–Crippen MR) is 79.4 cm³/mol. The monoisotopic (exact) mass is 276 g/mol. The van der Waals surface area contributed by atoms with Gasteiger partial charge in [-0.2, -0.15) is 5.26 Å². The van der Waals surface area contributed by atoms with Crippen molar-refractivity contribution >= 4 is 5.69 Å². The van der Waals surface area contributed by atoms with Gasteiger partial charge in [0.05, 0.1) is 11.6 Å². The van der Waals surface area contributed by atoms with Crippen LogP contribution in [0, 0.1) is 11.3 Å². The largest absolute Gasteiger partial charge is 0.416 e. The number of benzene rings is 2. The van der Waals surface area contributed by atoms with E-state index in [4.69, 9.17) is 9.68 Å². The van der Waals surface area contributed by atoms with Gasteiger partial charge in [-0.05, 0) is 48.5 Å². The van der Waals surface area contributed by atoms with Gasteiger partial charge in [0.15, 0.2) is 0 Å². The normalized spacial score (nSPS) is 10.1. The fourth-order valence-electron chi connectivity index (χ4n) is 1.92. The number of nitrogens with zero attached hydrogens (tertiary/aromatic N) is 3. The third kappa shape index (κ3) is 2.60. The van der Waals surface area contributed by atoms with E-state index in [0.717, 1.165) is 16.8 Å². The van der Waals surface area contributed by atoms with Crippen molar-refractivity contribution < 1.29 is 4.42 Å². The van der Waals surface area contributed by atoms with E-state index in [0.29, 0.717) is 17.3 Å². The van der Waals surface area contributed by atoms with Crippen LogP contribution in [0.25, 0.3) is 22.9 Å². The number of nitrogens with one attached hydrogen (secondary N) is 1. The molecule has 1 aromatic heterocycles. The average Bonchev–Trinajstić information content (AvgIpc) is 3.05. The van der Waals surface area contributed by atoms with Crippen molar-refractivity contribution in [3.05, 3.63) is 54.1 Å². The summed E-state index contributed by atoms with van der Waals surface area (Å²) in [4.78, 5) is 0. The molecule has 0 atom stereocenters. The molecule has 1 N–H and O–H groups in total. The van der Waals surface area contributed by atoms with Crippen molar-refractivity contribution in [3.8, 4) is 29.0 Å². The lowest BCUT2D eigenvalue weighted by Gasteiger charge is -1.99. The highest BCUT2D eigenvalue weighted by molar-refractivity contribution is 5.61. The number of rotatable bonds is 3. The minimum Gasteiger partial charge on any atom is -0.416 e. The molecular formula is C16H12N4O. The molecule has 0 radical (unpaired) electrons. The van der Waals surface area contributed by atoms with Gasteiger partial charge in [0, 0.05) is 23.9 Å². The first-order valence-corrected chi connectivity index (χ1v) is 6.42. The van der Waals surface area contributed by atoms with E-state index in [9.17, 15) is 0 Å². The predicted octanol–water partition coefficient (Wildman–Crippen LogP) is 3.32. The molecule has 21 heavy (non-hydrogen) atoms. The molecule has 0 aliphatic heterocycles. The van der Waals surface area contributed by atoms with Gasteiger partial charge in [0.25, 0.3) is 0 Å². The lowest BCUT2D eigenvalue weighted by atomic mass is 10.1. The number of anilines is 1. The summed E-state index contributed by atoms with van der Waals surface area (Å²) in [5.41, 5.74) is 3.27. The second-order valence-corrected chi connectivity index (χ2v) is 4.43. The maximum absolute atomic E-state index is 8.79. The molecule has 2 aromatic carbocycles. The van der Waals surface area contributed by atoms with E-state index in [1.165, 1.54) is 0 Å². The van der Waals surface area contributed by atoms with Crippen LogP contribution in [0.1, 0.15) is 5.56 Å². The van der Waals surface area contributed by atoms with Crippen LogP contribution < -0.4 is 5.32 Å². The fraction of sp³-hybridized carbons (Fsp3) is 0.0625. The summed E-state index contributed by atoms with van der Waals surface area (Å²) in [6, 6.07) is 16.8. The molecular weight excluding hydrogens is 264 g/mol. The smallest absolute Gasteiger partial charge is 0.248 e. The number of hydrogen-bond donors (Lipinski definition) is 1. The second kappa shape index (κ2) is 5.47. The van der Waals surface area contributed by atoms with E-state index in [1.54, 1.807) is 24.3 Å². The van der Waals surface area contributed by atoms with Crippen molar-refractivity contribution in [1.29, 1.82) is 5.26 Å². The van der Waals surface area contributed by atoms with Crippen LogP contribution in [-0.2, 0) is 0 Å². The fourth-order valence-corrected chi connectivity index (χ4v) is 1.92. The zero-order valence-electron chi connectivity index (χ0n) is 11.4. The molecule has 3 rings (SSSR count). The molecule has 0 bridgehead atoms. The highest BCUT2D eigenvalue weighted by Gasteiger charge is 2.10. The summed E-state index contributed by atoms with van der Waals surface area (Å²) in [6.45, 7) is 0. The number of nitriles is 1. The van der Waals surface area contributed by atoms with E-state index < -0.39 is 0 Å². The zero-order valence-corrected chi connectivity index (χ0v) is 11.4. The Balaban J connectivity index is 1.89. The second-order valence-electron chi connectivity index (χ2n) is 4.43. The summed E-state index contributed by atoms with van der Waals surface area (Å²) >= 11 is 0. The van der Waals surface area contributed by atoms with Gasteiger partial charge in [-0.15, -0.1) is 10.2 Å². The maximum Gasteiger partial charge on any atom is 0.248 e. The van der Waals surface area contributed by atoms with Crippen molar-refractivity contribution in [1.82, 2.24) is 10.2 Å². The standard InChI is InChI=1S/C16H12N4O/c1-18-14-8-6-13(7-9-14)16-20-19-15(21-16)12-4-2-11(10-17)3-5-12/h2-9,18H,1H3. The van der Waals surface area contributed by atoms with Crippen LogP contribution in [0.4, 0.5) is 5.69 Å². The molecule has 0 aliphatic carbocycles. The van der Waals surface area contributed by atoms with Crippen LogP contribution in [0.5, 0.6) is 0 Å². The Morgan fingerprint density at radius 2 is 1.43 bits per heavy atom. The Morgan fingerprint density at radius 1 is 0.905 bits per heavy atom. The van der Waals surface area contributed by atoms with Gasteiger partial charge in [-0.3, -0.25) is 0 Å². The molecule has 0 aliphatic rings. The summed E-state index contributed by atoms with van der Waals surface area (Å²) in [6.07, 6.45) is 0. The number of hydrogen-bond acceptors (Lipinski definition) is 5. The lowest BCUT2D eigenvalue weighted by molar-refractivity contribution is 0.584. The third-order valence-corrected chi connectivity index (χ3v) is 3.11. The van der Waals surface area contributed by atoms with Gasteiger partial charge in [0.1, 0.15) is 0 Å². The molecule has 0 saturated heterocycles. The molecule has 5 heteroatoms. The van der Waals surface area contributed by atoms with Crippen LogP contribution in [0.3, 0.4) is 0 Å². The molecule has 0 unspecified atom stereocenters. The Hall–Kier alpha value is -3.13. The molecule has 0 fully saturated rings. The van der Waals surface area contributed by atoms with Gasteiger partial charge in [0.2, 0.25) is 11.8 Å². The Bertz CT molecular complexity index is 782. The van der Waals surface area contributed by atoms with Gasteiger partial charge < -0.3 is 9.73 Å². The van der Waals surface area contributed by atoms with Crippen LogP contribution in [0.2, 0.25) is 0 Å². The lowest BCUT2D eigenvalue weighted by Crippen LogP contribution is -1.86. The van der Waals surface area contributed by atoms with Crippen LogP contribution in [-0.4, -0.2) is 17.2 Å². The van der Waals surface area contributed by atoms with E-state index >= 15 is 0 Å². The molecule has 0 amide bonds. The summed E-state index contributed by atoms with van der Waals surface area (Å²) in [5.74, 6) is 0.907. The first kappa shape index (κ1) is 12.9. The quantitative estimate of drug-likeness (QED) is 0.794. The maximum atomic E-state index is 8.79. The minimum absolute atomic E-state index is 0.437. The topological polar surface area (TPSA) is 74.7 Å². The first-order chi connectivity index (χ1) is 10.3. The Labute approximate surface area is 121 Å². The molecule has 0 saturated carbocycles. The van der Waals surface area contributed by atoms with E-state index in [1.807, 2.05) is 31.3 Å². The zero-order chi connectivity index (χ0) is 14.7. The number of aromatic nitrogens is 2. The summed E-state index contributed by atoms with van der Waals surface area (Å²) in [7, 11) is 1.87. The van der Waals surface area contributed by atoms with E-state index in [-0.39, 0.29) is 0 Å². The van der Waals surface area contributed by atoms with Crippen LogP contribution in [0.15, 0.2) is 52.9 Å². The van der Waals surface area contributed by atoms with Crippen molar-refractivity contribution in [2.24, 2.45) is 0 Å². The summed E-state index contributed by atoms with van der Waals surface area (Å²) < 4.78 is 5.68. The van der Waals surface area contributed by atoms with Gasteiger partial charge in [-0.1, -0.05) is 0 Å². The van der Waals surface area contributed by atoms with Gasteiger partial charge in [-0.25, -0.2) is 0 Å². The third-order valence-electron chi connectivity index (χ3n) is 3.11. The van der Waals surface area contributed by atoms with Crippen LogP contribution >= 0.6 is 0 Å². The van der Waals surface area contributed by atoms with Crippen molar-refractivity contribution in [2.45, 2.75) is 0 Å². The molecule has 5 nitrogen and oxygen atoms in total. The summed E-state index contributed by atoms with van der Waals surface area (Å²) in [5, 5.41) is 19.9. The molecule has 102 valence electrons. The first-order valence-electron chi connectivity index (χ1n) is 6.42. The SMILES string of the molecule is CNc1ccc(-c2nnc(-c3ccc(C#N)cc3)o2)cc1. The Kier molecular flexibility index (Phi) is 3.36. The average molecular weight is 276 g/mol. The Morgan fingerprint density at radius 3 is 1.90 bits per heavy atom. The van der Waals surface area contributed by atoms with Crippen molar-refractivity contribution in [3.63, 3.8) is 0 Å². The molecule has 1 heterocycles. The van der Waals surface area contributed by atoms with E-state index in [2.05, 4.69) is 21.6 Å². The van der Waals surface area contributed by atoms with Gasteiger partial charge >= 0.3 is 0 Å². The van der Waals surface area contributed by atoms with Crippen molar-refractivity contribution in [2.75, 3.05) is 12.4 Å². The minimum atomic E-state index is 0.437. The highest BCUT2D eigenvalue weighted by Crippen LogP contribution is 2.24.